The van der Waals surface area contributed by atoms with E-state index in [9.17, 15) is 9.59 Å². The summed E-state index contributed by atoms with van der Waals surface area (Å²) in [6.07, 6.45) is 1.29. The van der Waals surface area contributed by atoms with Gasteiger partial charge in [0, 0.05) is 28.3 Å². The van der Waals surface area contributed by atoms with Crippen LogP contribution >= 0.6 is 0 Å². The molecule has 0 heterocycles. The van der Waals surface area contributed by atoms with Crippen LogP contribution in [0.1, 0.15) is 13.8 Å². The average Bonchev–Trinajstić information content (AvgIpc) is 2.62. The van der Waals surface area contributed by atoms with E-state index in [2.05, 4.69) is 25.7 Å². The van der Waals surface area contributed by atoms with Gasteiger partial charge in [-0.05, 0) is 32.8 Å². The molecule has 0 N–H and O–H groups in total. The van der Waals surface area contributed by atoms with E-state index >= 15 is 0 Å². The summed E-state index contributed by atoms with van der Waals surface area (Å²) in [6, 6.07) is 0. The molecule has 0 saturated carbocycles. The molecule has 0 aliphatic carbocycles. The molecule has 10 nitrogen and oxygen atoms in total. The zero-order valence-electron chi connectivity index (χ0n) is 18.2. The standard InChI is InChI=1S/C8H13N2O2.C5H13NO2.C5H8NO2/c1-5-12-8(11)7(9-2)6-10(3)4;1-6(2)5(7-3)8-4;1-3-8-5(7)4-6-2/h2,6H,5H2,1,3-4H3;5H,1-4H3;2H,3-4H2,1H3/q+1;;+1/b7-6-;;. The van der Waals surface area contributed by atoms with Crippen molar-refractivity contribution >= 4 is 11.9 Å². The van der Waals surface area contributed by atoms with Crippen LogP contribution in [0, 0.1) is 13.1 Å². The molecule has 0 rings (SSSR count). The summed E-state index contributed by atoms with van der Waals surface area (Å²) in [5, 5.41) is 0. The minimum absolute atomic E-state index is 0.0478. The predicted octanol–water partition coefficient (Wildman–Crippen LogP) is 1.55. The van der Waals surface area contributed by atoms with E-state index in [1.807, 2.05) is 19.0 Å². The van der Waals surface area contributed by atoms with Crippen molar-refractivity contribution in [3.05, 3.63) is 21.6 Å². The Kier molecular flexibility index (Phi) is 22.2. The summed E-state index contributed by atoms with van der Waals surface area (Å²) >= 11 is 0. The van der Waals surface area contributed by atoms with Gasteiger partial charge in [-0.1, -0.05) is 4.85 Å². The average molecular weight is 402 g/mol. The number of hydrogen-bond acceptors (Lipinski definition) is 8. The normalized spacial score (nSPS) is 9.79. The Morgan fingerprint density at radius 3 is 1.75 bits per heavy atom. The van der Waals surface area contributed by atoms with Gasteiger partial charge in [0.2, 0.25) is 6.41 Å². The van der Waals surface area contributed by atoms with Crippen LogP contribution in [0.3, 0.4) is 0 Å². The maximum atomic E-state index is 11.0. The van der Waals surface area contributed by atoms with Gasteiger partial charge in [0.15, 0.2) is 0 Å². The van der Waals surface area contributed by atoms with Crippen LogP contribution in [0.4, 0.5) is 0 Å². The Bertz CT molecular complexity index is 531. The number of ether oxygens (including phenoxy) is 4. The molecule has 0 aromatic heterocycles. The van der Waals surface area contributed by atoms with Gasteiger partial charge in [-0.2, -0.15) is 0 Å². The molecule has 160 valence electrons. The second-order valence-corrected chi connectivity index (χ2v) is 5.22. The van der Waals surface area contributed by atoms with Crippen molar-refractivity contribution in [2.45, 2.75) is 20.3 Å². The van der Waals surface area contributed by atoms with Gasteiger partial charge in [-0.15, -0.1) is 0 Å². The highest BCUT2D eigenvalue weighted by molar-refractivity contribution is 5.90. The van der Waals surface area contributed by atoms with E-state index < -0.39 is 5.97 Å². The SMILES string of the molecule is C#[N+]/C(=C\N(C)C)C(=O)OCC.C#[N+]CC(=O)OCC.COC(OC)N(C)C. The summed E-state index contributed by atoms with van der Waals surface area (Å²) in [7, 11) is 10.5. The first-order valence-corrected chi connectivity index (χ1v) is 8.35. The Morgan fingerprint density at radius 2 is 1.50 bits per heavy atom. The Balaban J connectivity index is -0.000000347. The first-order chi connectivity index (χ1) is 13.1. The van der Waals surface area contributed by atoms with Gasteiger partial charge in [0.05, 0.1) is 19.4 Å². The molecule has 0 fully saturated rings. The quantitative estimate of drug-likeness (QED) is 0.343. The van der Waals surface area contributed by atoms with E-state index in [0.717, 1.165) is 0 Å². The van der Waals surface area contributed by atoms with Crippen molar-refractivity contribution in [2.75, 3.05) is 62.2 Å². The van der Waals surface area contributed by atoms with Gasteiger partial charge in [0.25, 0.3) is 13.1 Å². The maximum absolute atomic E-state index is 11.0. The third-order valence-electron chi connectivity index (χ3n) is 2.35. The zero-order valence-corrected chi connectivity index (χ0v) is 18.2. The molecule has 0 saturated heterocycles. The molecule has 0 unspecified atom stereocenters. The highest BCUT2D eigenvalue weighted by atomic mass is 16.7. The lowest BCUT2D eigenvalue weighted by Gasteiger charge is -2.19. The largest absolute Gasteiger partial charge is 0.460 e. The molecule has 0 spiro atoms. The van der Waals surface area contributed by atoms with Crippen LogP contribution in [0.25, 0.3) is 9.69 Å². The molecule has 28 heavy (non-hydrogen) atoms. The molecule has 0 aromatic carbocycles. The summed E-state index contributed by atoms with van der Waals surface area (Å²) in [5.74, 6) is -0.885. The van der Waals surface area contributed by atoms with Gasteiger partial charge < -0.3 is 23.8 Å². The lowest BCUT2D eigenvalue weighted by atomic mass is 10.5. The minimum Gasteiger partial charge on any atom is -0.460 e. The number of methoxy groups -OCH3 is 2. The summed E-state index contributed by atoms with van der Waals surface area (Å²) < 4.78 is 18.9. The molecule has 0 aliphatic rings. The van der Waals surface area contributed by atoms with Crippen LogP contribution < -0.4 is 0 Å². The minimum atomic E-state index is -0.506. The van der Waals surface area contributed by atoms with E-state index in [0.29, 0.717) is 13.2 Å². The first kappa shape index (κ1) is 30.1. The molecule has 0 aliphatic heterocycles. The van der Waals surface area contributed by atoms with Crippen molar-refractivity contribution in [3.8, 4) is 13.1 Å². The fourth-order valence-corrected chi connectivity index (χ4v) is 1.39. The number of rotatable bonds is 8. The van der Waals surface area contributed by atoms with Crippen LogP contribution in [-0.2, 0) is 28.5 Å². The number of carbonyl (C=O) groups is 2. The Hall–Kier alpha value is -2.66. The molecule has 10 heteroatoms. The molecule has 0 amide bonds. The van der Waals surface area contributed by atoms with Crippen LogP contribution in [0.2, 0.25) is 0 Å². The van der Waals surface area contributed by atoms with Crippen LogP contribution in [0.15, 0.2) is 11.9 Å². The van der Waals surface area contributed by atoms with E-state index in [1.54, 1.807) is 47.1 Å². The van der Waals surface area contributed by atoms with E-state index in [4.69, 9.17) is 16.0 Å². The Labute approximate surface area is 168 Å². The molecule has 0 atom stereocenters. The van der Waals surface area contributed by atoms with Crippen molar-refractivity contribution in [2.24, 2.45) is 0 Å². The van der Waals surface area contributed by atoms with Gasteiger partial charge in [0.1, 0.15) is 0 Å². The smallest absolute Gasteiger partial charge is 0.439 e. The topological polar surface area (TPSA) is 86.3 Å². The zero-order chi connectivity index (χ0) is 22.5. The van der Waals surface area contributed by atoms with E-state index in [1.165, 1.54) is 6.20 Å². The predicted molar refractivity (Wildman–Crippen MR) is 108 cm³/mol. The molecule has 0 bridgehead atoms. The monoisotopic (exact) mass is 402 g/mol. The van der Waals surface area contributed by atoms with Gasteiger partial charge >= 0.3 is 24.2 Å². The lowest BCUT2D eigenvalue weighted by molar-refractivity contribution is -0.179. The molecule has 0 radical (unpaired) electrons. The summed E-state index contributed by atoms with van der Waals surface area (Å²) in [5.41, 5.74) is 0.113. The lowest BCUT2D eigenvalue weighted by Crippen LogP contribution is -2.30. The molecular formula is C18H34N4O6+2. The maximum Gasteiger partial charge on any atom is 0.439 e. The molecular weight excluding hydrogens is 368 g/mol. The third kappa shape index (κ3) is 19.7. The van der Waals surface area contributed by atoms with Crippen molar-refractivity contribution in [3.63, 3.8) is 0 Å². The number of nitrogens with zero attached hydrogens (tertiary/aromatic N) is 4. The fraction of sp³-hybridized carbons (Fsp3) is 0.667. The van der Waals surface area contributed by atoms with Crippen molar-refractivity contribution in [1.82, 2.24) is 9.80 Å². The first-order valence-electron chi connectivity index (χ1n) is 8.35. The Morgan fingerprint density at radius 1 is 1.00 bits per heavy atom. The number of hydrogen-bond donors (Lipinski definition) is 0. The van der Waals surface area contributed by atoms with Crippen molar-refractivity contribution in [1.29, 1.82) is 0 Å². The number of esters is 2. The molecule has 0 aromatic rings. The second kappa shape index (κ2) is 20.6. The highest BCUT2D eigenvalue weighted by Gasteiger charge is 2.20. The summed E-state index contributed by atoms with van der Waals surface area (Å²) in [4.78, 5) is 31.1. The van der Waals surface area contributed by atoms with Crippen molar-refractivity contribution < 1.29 is 28.5 Å². The van der Waals surface area contributed by atoms with Gasteiger partial charge in [-0.25, -0.2) is 9.59 Å². The highest BCUT2D eigenvalue weighted by Crippen LogP contribution is 2.00. The summed E-state index contributed by atoms with van der Waals surface area (Å²) in [6.45, 7) is 13.8. The fourth-order valence-electron chi connectivity index (χ4n) is 1.39. The number of carbonyl (C=O) groups excluding carboxylic acids is 2. The van der Waals surface area contributed by atoms with Crippen LogP contribution in [-0.4, -0.2) is 90.3 Å². The second-order valence-electron chi connectivity index (χ2n) is 5.22. The third-order valence-corrected chi connectivity index (χ3v) is 2.35. The van der Waals surface area contributed by atoms with Crippen LogP contribution in [0.5, 0.6) is 0 Å². The van der Waals surface area contributed by atoms with E-state index in [-0.39, 0.29) is 24.6 Å². The van der Waals surface area contributed by atoms with Gasteiger partial charge in [-0.3, -0.25) is 4.90 Å².